The first-order valence-electron chi connectivity index (χ1n) is 7.36. The van der Waals surface area contributed by atoms with E-state index in [1.54, 1.807) is 0 Å². The molecule has 0 bridgehead atoms. The SMILES string of the molecule is CCCCN(CCO)CC(=O)c1ccc2c(c1)CCO2. The lowest BCUT2D eigenvalue weighted by atomic mass is 10.0. The number of hydrogen-bond acceptors (Lipinski definition) is 4. The van der Waals surface area contributed by atoms with Crippen molar-refractivity contribution in [3.05, 3.63) is 29.3 Å². The Morgan fingerprint density at radius 2 is 2.25 bits per heavy atom. The number of rotatable bonds is 8. The third kappa shape index (κ3) is 3.81. The fourth-order valence-electron chi connectivity index (χ4n) is 2.45. The molecule has 0 saturated carbocycles. The van der Waals surface area contributed by atoms with Crippen molar-refractivity contribution in [3.8, 4) is 5.75 Å². The maximum atomic E-state index is 12.3. The number of fused-ring (bicyclic) bond motifs is 1. The minimum Gasteiger partial charge on any atom is -0.493 e. The maximum Gasteiger partial charge on any atom is 0.176 e. The van der Waals surface area contributed by atoms with E-state index in [1.165, 1.54) is 0 Å². The van der Waals surface area contributed by atoms with Crippen molar-refractivity contribution in [3.63, 3.8) is 0 Å². The van der Waals surface area contributed by atoms with Gasteiger partial charge in [-0.2, -0.15) is 0 Å². The van der Waals surface area contributed by atoms with Crippen LogP contribution in [0.3, 0.4) is 0 Å². The Morgan fingerprint density at radius 3 is 3.00 bits per heavy atom. The molecule has 4 nitrogen and oxygen atoms in total. The summed E-state index contributed by atoms with van der Waals surface area (Å²) in [5.41, 5.74) is 1.87. The van der Waals surface area contributed by atoms with Gasteiger partial charge < -0.3 is 9.84 Å². The first-order valence-corrected chi connectivity index (χ1v) is 7.36. The molecule has 0 radical (unpaired) electrons. The quantitative estimate of drug-likeness (QED) is 0.737. The summed E-state index contributed by atoms with van der Waals surface area (Å²) in [6, 6.07) is 5.67. The van der Waals surface area contributed by atoms with Crippen LogP contribution in [-0.2, 0) is 6.42 Å². The molecule has 1 aliphatic heterocycles. The van der Waals surface area contributed by atoms with Crippen molar-refractivity contribution in [1.82, 2.24) is 4.90 Å². The van der Waals surface area contributed by atoms with Gasteiger partial charge in [0.2, 0.25) is 0 Å². The molecule has 0 unspecified atom stereocenters. The predicted molar refractivity (Wildman–Crippen MR) is 78.4 cm³/mol. The van der Waals surface area contributed by atoms with Gasteiger partial charge in [0.15, 0.2) is 5.78 Å². The Morgan fingerprint density at radius 1 is 1.40 bits per heavy atom. The van der Waals surface area contributed by atoms with Gasteiger partial charge in [-0.1, -0.05) is 13.3 Å². The van der Waals surface area contributed by atoms with Gasteiger partial charge in [0.25, 0.3) is 0 Å². The number of ether oxygens (including phenoxy) is 1. The number of nitrogens with zero attached hydrogens (tertiary/aromatic N) is 1. The van der Waals surface area contributed by atoms with E-state index in [-0.39, 0.29) is 12.4 Å². The maximum absolute atomic E-state index is 12.3. The van der Waals surface area contributed by atoms with Crippen molar-refractivity contribution in [2.45, 2.75) is 26.2 Å². The molecular weight excluding hydrogens is 254 g/mol. The number of Topliss-reactive ketones (excluding diaryl/α,β-unsaturated/α-hetero) is 1. The van der Waals surface area contributed by atoms with Crippen molar-refractivity contribution in [2.75, 3.05) is 32.8 Å². The molecule has 0 aromatic heterocycles. The van der Waals surface area contributed by atoms with E-state index in [2.05, 4.69) is 6.92 Å². The summed E-state index contributed by atoms with van der Waals surface area (Å²) in [5.74, 6) is 1.02. The van der Waals surface area contributed by atoms with Crippen LogP contribution in [-0.4, -0.2) is 48.6 Å². The van der Waals surface area contributed by atoms with Gasteiger partial charge in [-0.15, -0.1) is 0 Å². The summed E-state index contributed by atoms with van der Waals surface area (Å²) >= 11 is 0. The molecule has 0 saturated heterocycles. The standard InChI is InChI=1S/C16H23NO3/c1-2-3-7-17(8-9-18)12-15(19)13-4-5-16-14(11-13)6-10-20-16/h4-5,11,18H,2-3,6-10,12H2,1H3. The predicted octanol–water partition coefficient (Wildman–Crippen LogP) is 1.90. The van der Waals surface area contributed by atoms with Gasteiger partial charge in [-0.3, -0.25) is 9.69 Å². The number of unbranched alkanes of at least 4 members (excludes halogenated alkanes) is 1. The van der Waals surface area contributed by atoms with Crippen molar-refractivity contribution in [2.24, 2.45) is 0 Å². The van der Waals surface area contributed by atoms with Gasteiger partial charge in [0.1, 0.15) is 5.75 Å². The average Bonchev–Trinajstić information content (AvgIpc) is 2.92. The molecule has 1 N–H and O–H groups in total. The Labute approximate surface area is 120 Å². The number of ketones is 1. The summed E-state index contributed by atoms with van der Waals surface area (Å²) in [4.78, 5) is 14.4. The van der Waals surface area contributed by atoms with Crippen molar-refractivity contribution in [1.29, 1.82) is 0 Å². The zero-order chi connectivity index (χ0) is 14.4. The Kier molecular flexibility index (Phi) is 5.56. The number of hydrogen-bond donors (Lipinski definition) is 1. The largest absolute Gasteiger partial charge is 0.493 e. The summed E-state index contributed by atoms with van der Waals surface area (Å²) in [6.45, 7) is 4.71. The molecule has 0 fully saturated rings. The van der Waals surface area contributed by atoms with Crippen LogP contribution in [0.25, 0.3) is 0 Å². The molecule has 0 amide bonds. The molecule has 1 heterocycles. The normalized spacial score (nSPS) is 13.3. The number of carbonyl (C=O) groups excluding carboxylic acids is 1. The fourth-order valence-corrected chi connectivity index (χ4v) is 2.45. The van der Waals surface area contributed by atoms with Crippen LogP contribution in [0.2, 0.25) is 0 Å². The van der Waals surface area contributed by atoms with Gasteiger partial charge in [0, 0.05) is 18.5 Å². The highest BCUT2D eigenvalue weighted by Gasteiger charge is 2.16. The van der Waals surface area contributed by atoms with Crippen LogP contribution in [0.5, 0.6) is 5.75 Å². The van der Waals surface area contributed by atoms with Crippen LogP contribution in [0.4, 0.5) is 0 Å². The van der Waals surface area contributed by atoms with E-state index < -0.39 is 0 Å². The summed E-state index contributed by atoms with van der Waals surface area (Å²) in [7, 11) is 0. The first kappa shape index (κ1) is 15.0. The van der Waals surface area contributed by atoms with E-state index in [1.807, 2.05) is 23.1 Å². The topological polar surface area (TPSA) is 49.8 Å². The molecule has 4 heteroatoms. The molecular formula is C16H23NO3. The molecule has 110 valence electrons. The Hall–Kier alpha value is -1.39. The Balaban J connectivity index is 1.98. The lowest BCUT2D eigenvalue weighted by Gasteiger charge is -2.20. The molecule has 0 atom stereocenters. The number of carbonyl (C=O) groups is 1. The number of aliphatic hydroxyl groups is 1. The number of benzene rings is 1. The molecule has 1 aliphatic rings. The monoisotopic (exact) mass is 277 g/mol. The molecule has 1 aromatic carbocycles. The van der Waals surface area contributed by atoms with Gasteiger partial charge >= 0.3 is 0 Å². The second kappa shape index (κ2) is 7.41. The van der Waals surface area contributed by atoms with Crippen LogP contribution in [0.15, 0.2) is 18.2 Å². The highest BCUT2D eigenvalue weighted by Crippen LogP contribution is 2.26. The lowest BCUT2D eigenvalue weighted by molar-refractivity contribution is 0.0913. The van der Waals surface area contributed by atoms with Gasteiger partial charge in [0.05, 0.1) is 19.8 Å². The lowest BCUT2D eigenvalue weighted by Crippen LogP contribution is -2.33. The fraction of sp³-hybridized carbons (Fsp3) is 0.562. The molecule has 0 spiro atoms. The van der Waals surface area contributed by atoms with E-state index >= 15 is 0 Å². The van der Waals surface area contributed by atoms with Gasteiger partial charge in [-0.25, -0.2) is 0 Å². The zero-order valence-electron chi connectivity index (χ0n) is 12.1. The van der Waals surface area contributed by atoms with E-state index in [4.69, 9.17) is 9.84 Å². The summed E-state index contributed by atoms with van der Waals surface area (Å²) in [5, 5.41) is 9.08. The average molecular weight is 277 g/mol. The van der Waals surface area contributed by atoms with Gasteiger partial charge in [-0.05, 0) is 36.7 Å². The van der Waals surface area contributed by atoms with E-state index in [9.17, 15) is 4.79 Å². The third-order valence-electron chi connectivity index (χ3n) is 3.62. The Bertz CT molecular complexity index is 459. The summed E-state index contributed by atoms with van der Waals surface area (Å²) < 4.78 is 5.45. The molecule has 2 rings (SSSR count). The van der Waals surface area contributed by atoms with Crippen molar-refractivity contribution >= 4 is 5.78 Å². The highest BCUT2D eigenvalue weighted by atomic mass is 16.5. The first-order chi connectivity index (χ1) is 9.74. The van der Waals surface area contributed by atoms with Crippen LogP contribution < -0.4 is 4.74 Å². The minimum atomic E-state index is 0.0923. The number of aliphatic hydroxyl groups excluding tert-OH is 1. The summed E-state index contributed by atoms with van der Waals surface area (Å²) in [6.07, 6.45) is 3.02. The second-order valence-corrected chi connectivity index (χ2v) is 5.20. The van der Waals surface area contributed by atoms with E-state index in [0.29, 0.717) is 19.7 Å². The van der Waals surface area contributed by atoms with Crippen LogP contribution in [0.1, 0.15) is 35.7 Å². The second-order valence-electron chi connectivity index (χ2n) is 5.20. The van der Waals surface area contributed by atoms with Crippen LogP contribution >= 0.6 is 0 Å². The van der Waals surface area contributed by atoms with Crippen molar-refractivity contribution < 1.29 is 14.6 Å². The molecule has 20 heavy (non-hydrogen) atoms. The zero-order valence-corrected chi connectivity index (χ0v) is 12.1. The minimum absolute atomic E-state index is 0.0923. The van der Waals surface area contributed by atoms with E-state index in [0.717, 1.165) is 42.7 Å². The van der Waals surface area contributed by atoms with Crippen LogP contribution in [0, 0.1) is 0 Å². The molecule has 1 aromatic rings. The molecule has 0 aliphatic carbocycles. The third-order valence-corrected chi connectivity index (χ3v) is 3.62. The highest BCUT2D eigenvalue weighted by molar-refractivity contribution is 5.98. The smallest absolute Gasteiger partial charge is 0.176 e.